The lowest BCUT2D eigenvalue weighted by atomic mass is 9.76. The molecule has 2 saturated carbocycles. The van der Waals surface area contributed by atoms with Gasteiger partial charge in [-0.05, 0) is 44.9 Å². The van der Waals surface area contributed by atoms with Crippen LogP contribution in [0.2, 0.25) is 0 Å². The number of carbonyl (C=O) groups is 1. The lowest BCUT2D eigenvalue weighted by molar-refractivity contribution is -0.128. The van der Waals surface area contributed by atoms with Crippen LogP contribution in [0.15, 0.2) is 0 Å². The number of hydrogen-bond acceptors (Lipinski definition) is 3. The second-order valence-corrected chi connectivity index (χ2v) is 5.46. The highest BCUT2D eigenvalue weighted by Gasteiger charge is 2.39. The normalized spacial score (nSPS) is 30.2. The summed E-state index contributed by atoms with van der Waals surface area (Å²) in [6.07, 6.45) is 5.92. The number of carbonyl (C=O) groups excluding carboxylic acids is 1. The van der Waals surface area contributed by atoms with Crippen molar-refractivity contribution in [1.82, 2.24) is 5.32 Å². The molecule has 0 aromatic carbocycles. The maximum absolute atomic E-state index is 11.8. The molecule has 2 rings (SSSR count). The van der Waals surface area contributed by atoms with Crippen LogP contribution in [0.25, 0.3) is 0 Å². The van der Waals surface area contributed by atoms with Crippen molar-refractivity contribution < 1.29 is 14.6 Å². The third-order valence-electron chi connectivity index (χ3n) is 4.09. The van der Waals surface area contributed by atoms with Crippen molar-refractivity contribution in [2.45, 2.75) is 57.1 Å². The van der Waals surface area contributed by atoms with E-state index in [0.717, 1.165) is 38.7 Å². The molecule has 0 radical (unpaired) electrons. The second kappa shape index (κ2) is 5.36. The molecule has 0 bridgehead atoms. The van der Waals surface area contributed by atoms with Crippen LogP contribution < -0.4 is 5.32 Å². The summed E-state index contributed by atoms with van der Waals surface area (Å²) in [5.74, 6) is 0.570. The van der Waals surface area contributed by atoms with E-state index in [-0.39, 0.29) is 18.1 Å². The van der Waals surface area contributed by atoms with Crippen molar-refractivity contribution in [2.24, 2.45) is 5.92 Å². The van der Waals surface area contributed by atoms with Crippen molar-refractivity contribution >= 4 is 5.91 Å². The maximum atomic E-state index is 11.8. The molecule has 2 aliphatic carbocycles. The van der Waals surface area contributed by atoms with E-state index in [1.165, 1.54) is 0 Å². The molecule has 2 fully saturated rings. The van der Waals surface area contributed by atoms with E-state index >= 15 is 0 Å². The van der Waals surface area contributed by atoms with Gasteiger partial charge in [0, 0.05) is 13.0 Å². The fourth-order valence-corrected chi connectivity index (χ4v) is 2.75. The number of aliphatic hydroxyl groups is 1. The molecule has 0 aliphatic heterocycles. The van der Waals surface area contributed by atoms with E-state index < -0.39 is 0 Å². The average Bonchev–Trinajstić information content (AvgIpc) is 2.20. The zero-order chi connectivity index (χ0) is 12.3. The number of rotatable bonds is 6. The quantitative estimate of drug-likeness (QED) is 0.735. The Labute approximate surface area is 103 Å². The average molecular weight is 241 g/mol. The predicted octanol–water partition coefficient (Wildman–Crippen LogP) is 1.22. The molecule has 4 heteroatoms. The van der Waals surface area contributed by atoms with E-state index in [2.05, 4.69) is 5.32 Å². The van der Waals surface area contributed by atoms with Crippen molar-refractivity contribution in [2.75, 3.05) is 13.2 Å². The molecule has 0 unspecified atom stereocenters. The third kappa shape index (κ3) is 2.99. The highest BCUT2D eigenvalue weighted by Crippen LogP contribution is 2.34. The fourth-order valence-electron chi connectivity index (χ4n) is 2.75. The van der Waals surface area contributed by atoms with Crippen molar-refractivity contribution in [3.05, 3.63) is 0 Å². The standard InChI is InChI=1S/C13H23NO3/c1-2-17-11-6-10(7-11)8-12(16)14-13(9-15)4-3-5-13/h10-11,15H,2-9H2,1H3,(H,14,16). The Morgan fingerprint density at radius 3 is 2.65 bits per heavy atom. The van der Waals surface area contributed by atoms with Gasteiger partial charge in [0.05, 0.1) is 18.2 Å². The highest BCUT2D eigenvalue weighted by molar-refractivity contribution is 5.77. The smallest absolute Gasteiger partial charge is 0.220 e. The van der Waals surface area contributed by atoms with Gasteiger partial charge in [-0.25, -0.2) is 0 Å². The van der Waals surface area contributed by atoms with Crippen LogP contribution in [0.3, 0.4) is 0 Å². The molecular formula is C13H23NO3. The summed E-state index contributed by atoms with van der Waals surface area (Å²) >= 11 is 0. The molecule has 0 spiro atoms. The van der Waals surface area contributed by atoms with Gasteiger partial charge < -0.3 is 15.2 Å². The van der Waals surface area contributed by atoms with Crippen molar-refractivity contribution in [1.29, 1.82) is 0 Å². The molecule has 0 heterocycles. The first kappa shape index (κ1) is 12.8. The monoisotopic (exact) mass is 241 g/mol. The maximum Gasteiger partial charge on any atom is 0.220 e. The SMILES string of the molecule is CCOC1CC(CC(=O)NC2(CO)CCC2)C1. The van der Waals surface area contributed by atoms with E-state index in [4.69, 9.17) is 4.74 Å². The van der Waals surface area contributed by atoms with Gasteiger partial charge in [0.25, 0.3) is 0 Å². The first-order valence-electron chi connectivity index (χ1n) is 6.71. The Kier molecular flexibility index (Phi) is 4.05. The van der Waals surface area contributed by atoms with Crippen molar-refractivity contribution in [3.63, 3.8) is 0 Å². The Hall–Kier alpha value is -0.610. The topological polar surface area (TPSA) is 58.6 Å². The lowest BCUT2D eigenvalue weighted by Crippen LogP contribution is -2.56. The molecule has 0 saturated heterocycles. The van der Waals surface area contributed by atoms with Gasteiger partial charge in [0.15, 0.2) is 0 Å². The molecule has 2 N–H and O–H groups in total. The summed E-state index contributed by atoms with van der Waals surface area (Å²) in [6, 6.07) is 0. The van der Waals surface area contributed by atoms with E-state index in [0.29, 0.717) is 18.4 Å². The van der Waals surface area contributed by atoms with Gasteiger partial charge in [-0.1, -0.05) is 0 Å². The number of amides is 1. The van der Waals surface area contributed by atoms with Gasteiger partial charge in [-0.2, -0.15) is 0 Å². The number of ether oxygens (including phenoxy) is 1. The number of nitrogens with one attached hydrogen (secondary N) is 1. The van der Waals surface area contributed by atoms with Crippen LogP contribution in [0.4, 0.5) is 0 Å². The fraction of sp³-hybridized carbons (Fsp3) is 0.923. The van der Waals surface area contributed by atoms with Crippen LogP contribution >= 0.6 is 0 Å². The molecule has 2 aliphatic rings. The lowest BCUT2D eigenvalue weighted by Gasteiger charge is -2.42. The first-order valence-corrected chi connectivity index (χ1v) is 6.71. The Bertz CT molecular complexity index is 264. The van der Waals surface area contributed by atoms with Crippen LogP contribution in [-0.4, -0.2) is 35.9 Å². The second-order valence-electron chi connectivity index (χ2n) is 5.46. The third-order valence-corrected chi connectivity index (χ3v) is 4.09. The first-order chi connectivity index (χ1) is 8.17. The van der Waals surface area contributed by atoms with Gasteiger partial charge in [-0.15, -0.1) is 0 Å². The summed E-state index contributed by atoms with van der Waals surface area (Å²) in [7, 11) is 0. The molecule has 4 nitrogen and oxygen atoms in total. The van der Waals surface area contributed by atoms with Gasteiger partial charge in [0.1, 0.15) is 0 Å². The Morgan fingerprint density at radius 1 is 1.47 bits per heavy atom. The number of aliphatic hydroxyl groups excluding tert-OH is 1. The van der Waals surface area contributed by atoms with Gasteiger partial charge >= 0.3 is 0 Å². The summed E-state index contributed by atoms with van der Waals surface area (Å²) in [5.41, 5.74) is -0.292. The predicted molar refractivity (Wildman–Crippen MR) is 64.6 cm³/mol. The zero-order valence-electron chi connectivity index (χ0n) is 10.6. The van der Waals surface area contributed by atoms with Gasteiger partial charge in [0.2, 0.25) is 5.91 Å². The largest absolute Gasteiger partial charge is 0.394 e. The van der Waals surface area contributed by atoms with E-state index in [1.807, 2.05) is 6.92 Å². The summed E-state index contributed by atoms with van der Waals surface area (Å²) in [4.78, 5) is 11.8. The van der Waals surface area contributed by atoms with Gasteiger partial charge in [-0.3, -0.25) is 4.79 Å². The summed E-state index contributed by atoms with van der Waals surface area (Å²) < 4.78 is 5.47. The molecule has 0 aromatic rings. The molecular weight excluding hydrogens is 218 g/mol. The molecule has 0 aromatic heterocycles. The van der Waals surface area contributed by atoms with Crippen LogP contribution in [0.5, 0.6) is 0 Å². The van der Waals surface area contributed by atoms with Crippen LogP contribution in [-0.2, 0) is 9.53 Å². The molecule has 1 amide bonds. The van der Waals surface area contributed by atoms with Crippen LogP contribution in [0.1, 0.15) is 45.4 Å². The highest BCUT2D eigenvalue weighted by atomic mass is 16.5. The molecule has 0 atom stereocenters. The van der Waals surface area contributed by atoms with E-state index in [1.54, 1.807) is 0 Å². The molecule has 17 heavy (non-hydrogen) atoms. The van der Waals surface area contributed by atoms with E-state index in [9.17, 15) is 9.90 Å². The number of hydrogen-bond donors (Lipinski definition) is 2. The van der Waals surface area contributed by atoms with Crippen molar-refractivity contribution in [3.8, 4) is 0 Å². The van der Waals surface area contributed by atoms with Crippen LogP contribution in [0, 0.1) is 5.92 Å². The molecule has 98 valence electrons. The zero-order valence-corrected chi connectivity index (χ0v) is 10.6. The summed E-state index contributed by atoms with van der Waals surface area (Å²) in [5, 5.41) is 12.3. The Morgan fingerprint density at radius 2 is 2.18 bits per heavy atom. The summed E-state index contributed by atoms with van der Waals surface area (Å²) in [6.45, 7) is 2.84. The minimum Gasteiger partial charge on any atom is -0.394 e. The minimum absolute atomic E-state index is 0.0744. The Balaban J connectivity index is 1.65. The minimum atomic E-state index is -0.292.